The van der Waals surface area contributed by atoms with Gasteiger partial charge in [0.1, 0.15) is 11.6 Å². The van der Waals surface area contributed by atoms with E-state index in [0.29, 0.717) is 12.8 Å². The van der Waals surface area contributed by atoms with Crippen molar-refractivity contribution in [3.63, 3.8) is 0 Å². The number of carbonyl (C=O) groups is 1. The molecule has 1 aliphatic rings. The van der Waals surface area contributed by atoms with Gasteiger partial charge in [-0.3, -0.25) is 9.48 Å². The third kappa shape index (κ3) is 3.19. The van der Waals surface area contributed by atoms with Gasteiger partial charge in [-0.2, -0.15) is 5.10 Å². The van der Waals surface area contributed by atoms with Gasteiger partial charge in [0.15, 0.2) is 0 Å². The summed E-state index contributed by atoms with van der Waals surface area (Å²) in [5.41, 5.74) is 0.701. The Balaban J connectivity index is 1.83. The van der Waals surface area contributed by atoms with Crippen molar-refractivity contribution in [1.29, 1.82) is 0 Å². The largest absolute Gasteiger partial charge is 0.507 e. The number of hydrogen-bond acceptors (Lipinski definition) is 4. The summed E-state index contributed by atoms with van der Waals surface area (Å²) in [5.74, 6) is -1.35. The summed E-state index contributed by atoms with van der Waals surface area (Å²) < 4.78 is 14.9. The number of aliphatic hydroxyl groups excluding tert-OH is 1. The fourth-order valence-corrected chi connectivity index (χ4v) is 2.89. The van der Waals surface area contributed by atoms with Crippen LogP contribution in [0.5, 0.6) is 5.75 Å². The number of aromatic nitrogens is 2. The smallest absolute Gasteiger partial charge is 0.255 e. The molecule has 1 aliphatic carbocycles. The summed E-state index contributed by atoms with van der Waals surface area (Å²) in [6.45, 7) is 0. The number of nitrogens with one attached hydrogen (secondary N) is 1. The normalized spacial score (nSPS) is 21.5. The Kier molecular flexibility index (Phi) is 4.04. The molecule has 0 radical (unpaired) electrons. The summed E-state index contributed by atoms with van der Waals surface area (Å²) in [7, 11) is 1.77. The molecule has 1 aromatic carbocycles. The summed E-state index contributed by atoms with van der Waals surface area (Å²) in [6.07, 6.45) is 4.24. The first-order chi connectivity index (χ1) is 10.9. The quantitative estimate of drug-likeness (QED) is 0.797. The number of phenolic OH excluding ortho intramolecular Hbond substituents is 1. The first-order valence-electron chi connectivity index (χ1n) is 7.40. The van der Waals surface area contributed by atoms with Crippen molar-refractivity contribution in [2.45, 2.75) is 25.0 Å². The van der Waals surface area contributed by atoms with Crippen molar-refractivity contribution in [1.82, 2.24) is 15.1 Å². The number of hydrogen-bond donors (Lipinski definition) is 3. The molecule has 1 amide bonds. The second kappa shape index (κ2) is 6.00. The predicted molar refractivity (Wildman–Crippen MR) is 80.2 cm³/mol. The maximum Gasteiger partial charge on any atom is 0.255 e. The molecule has 0 spiro atoms. The average Bonchev–Trinajstić information content (AvgIpc) is 2.90. The lowest BCUT2D eigenvalue weighted by atomic mass is 9.75. The molecule has 122 valence electrons. The Bertz CT molecular complexity index is 725. The van der Waals surface area contributed by atoms with Gasteiger partial charge in [-0.25, -0.2) is 4.39 Å². The average molecular weight is 319 g/mol. The highest BCUT2D eigenvalue weighted by Crippen LogP contribution is 2.38. The number of carbonyl (C=O) groups excluding carboxylic acids is 1. The molecule has 3 N–H and O–H groups in total. The number of aromatic hydroxyl groups is 1. The highest BCUT2D eigenvalue weighted by atomic mass is 19.1. The minimum absolute atomic E-state index is 0.0776. The van der Waals surface area contributed by atoms with Crippen LogP contribution < -0.4 is 5.32 Å². The summed E-state index contributed by atoms with van der Waals surface area (Å²) in [4.78, 5) is 12.4. The molecule has 1 unspecified atom stereocenters. The zero-order chi connectivity index (χ0) is 16.6. The van der Waals surface area contributed by atoms with E-state index in [0.717, 1.165) is 23.8 Å². The van der Waals surface area contributed by atoms with Gasteiger partial charge in [-0.05, 0) is 37.0 Å². The van der Waals surface area contributed by atoms with E-state index in [1.807, 2.05) is 0 Å². The maximum atomic E-state index is 13.3. The maximum absolute atomic E-state index is 13.3. The van der Waals surface area contributed by atoms with Crippen LogP contribution in [0.3, 0.4) is 0 Å². The van der Waals surface area contributed by atoms with E-state index in [2.05, 4.69) is 10.4 Å². The Labute approximate surface area is 132 Å². The molecule has 1 heterocycles. The first kappa shape index (κ1) is 15.5. The van der Waals surface area contributed by atoms with Crippen LogP contribution in [0.2, 0.25) is 0 Å². The standard InChI is InChI=1S/C16H18FN3O3/c1-20-8-10(7-18-20)15(9-4-12(21)5-9)19-16(23)13-6-11(17)2-3-14(13)22/h2-3,6-9,12,15,21-22H,4-5H2,1H3,(H,19,23). The zero-order valence-electron chi connectivity index (χ0n) is 12.6. The molecule has 7 heteroatoms. The lowest BCUT2D eigenvalue weighted by Gasteiger charge is -2.37. The van der Waals surface area contributed by atoms with E-state index >= 15 is 0 Å². The van der Waals surface area contributed by atoms with Crippen molar-refractivity contribution >= 4 is 5.91 Å². The molecule has 1 saturated carbocycles. The first-order valence-corrected chi connectivity index (χ1v) is 7.40. The molecular formula is C16H18FN3O3. The van der Waals surface area contributed by atoms with Crippen LogP contribution in [-0.2, 0) is 7.05 Å². The molecule has 1 fully saturated rings. The number of aliphatic hydroxyl groups is 1. The van der Waals surface area contributed by atoms with Crippen molar-refractivity contribution in [2.75, 3.05) is 0 Å². The van der Waals surface area contributed by atoms with E-state index in [4.69, 9.17) is 0 Å². The van der Waals surface area contributed by atoms with Crippen LogP contribution in [0.1, 0.15) is 34.8 Å². The second-order valence-electron chi connectivity index (χ2n) is 5.95. The van der Waals surface area contributed by atoms with Crippen LogP contribution in [-0.4, -0.2) is 32.0 Å². The third-order valence-electron chi connectivity index (χ3n) is 4.19. The second-order valence-corrected chi connectivity index (χ2v) is 5.95. The Morgan fingerprint density at radius 2 is 2.22 bits per heavy atom. The molecule has 1 aromatic heterocycles. The number of rotatable bonds is 4. The van der Waals surface area contributed by atoms with E-state index in [-0.39, 0.29) is 29.4 Å². The molecule has 0 bridgehead atoms. The third-order valence-corrected chi connectivity index (χ3v) is 4.19. The number of amides is 1. The monoisotopic (exact) mass is 319 g/mol. The van der Waals surface area contributed by atoms with Crippen molar-refractivity contribution in [3.05, 3.63) is 47.5 Å². The van der Waals surface area contributed by atoms with E-state index in [1.54, 1.807) is 24.1 Å². The molecule has 0 saturated heterocycles. The van der Waals surface area contributed by atoms with Crippen molar-refractivity contribution < 1.29 is 19.4 Å². The number of halogens is 1. The minimum atomic E-state index is -0.593. The predicted octanol–water partition coefficient (Wildman–Crippen LogP) is 1.51. The summed E-state index contributed by atoms with van der Waals surface area (Å²) >= 11 is 0. The van der Waals surface area contributed by atoms with Gasteiger partial charge in [0.05, 0.1) is 23.9 Å². The molecular weight excluding hydrogens is 301 g/mol. The van der Waals surface area contributed by atoms with Gasteiger partial charge in [-0.15, -0.1) is 0 Å². The Hall–Kier alpha value is -2.41. The van der Waals surface area contributed by atoms with Crippen LogP contribution >= 0.6 is 0 Å². The molecule has 1 atom stereocenters. The summed E-state index contributed by atoms with van der Waals surface area (Å²) in [6, 6.07) is 2.89. The van der Waals surface area contributed by atoms with Gasteiger partial charge in [0, 0.05) is 18.8 Å². The van der Waals surface area contributed by atoms with Gasteiger partial charge < -0.3 is 15.5 Å². The van der Waals surface area contributed by atoms with E-state index in [9.17, 15) is 19.4 Å². The topological polar surface area (TPSA) is 87.4 Å². The number of aryl methyl sites for hydroxylation is 1. The number of nitrogens with zero attached hydrogens (tertiary/aromatic N) is 2. The lowest BCUT2D eigenvalue weighted by molar-refractivity contribution is 0.0235. The number of phenols is 1. The molecule has 2 aromatic rings. The molecule has 23 heavy (non-hydrogen) atoms. The Morgan fingerprint density at radius 1 is 1.48 bits per heavy atom. The van der Waals surface area contributed by atoms with Crippen LogP contribution in [0.4, 0.5) is 4.39 Å². The van der Waals surface area contributed by atoms with Crippen LogP contribution in [0.15, 0.2) is 30.6 Å². The van der Waals surface area contributed by atoms with Gasteiger partial charge in [0.25, 0.3) is 5.91 Å². The molecule has 6 nitrogen and oxygen atoms in total. The fourth-order valence-electron chi connectivity index (χ4n) is 2.89. The van der Waals surface area contributed by atoms with Gasteiger partial charge in [-0.1, -0.05) is 0 Å². The van der Waals surface area contributed by atoms with Gasteiger partial charge >= 0.3 is 0 Å². The highest BCUT2D eigenvalue weighted by Gasteiger charge is 2.36. The van der Waals surface area contributed by atoms with E-state index < -0.39 is 11.7 Å². The van der Waals surface area contributed by atoms with E-state index in [1.165, 1.54) is 0 Å². The van der Waals surface area contributed by atoms with Crippen molar-refractivity contribution in [2.24, 2.45) is 13.0 Å². The fraction of sp³-hybridized carbons (Fsp3) is 0.375. The number of benzene rings is 1. The highest BCUT2D eigenvalue weighted by molar-refractivity contribution is 5.97. The van der Waals surface area contributed by atoms with Crippen LogP contribution in [0.25, 0.3) is 0 Å². The zero-order valence-corrected chi connectivity index (χ0v) is 12.6. The SMILES string of the molecule is Cn1cc(C(NC(=O)c2cc(F)ccc2O)C2CC(O)C2)cn1. The summed E-state index contributed by atoms with van der Waals surface area (Å²) in [5, 5.41) is 26.2. The Morgan fingerprint density at radius 3 is 2.83 bits per heavy atom. The van der Waals surface area contributed by atoms with Crippen LogP contribution in [0, 0.1) is 11.7 Å². The minimum Gasteiger partial charge on any atom is -0.507 e. The lowest BCUT2D eigenvalue weighted by Crippen LogP contribution is -2.41. The molecule has 0 aliphatic heterocycles. The van der Waals surface area contributed by atoms with Gasteiger partial charge in [0.2, 0.25) is 0 Å². The van der Waals surface area contributed by atoms with Crippen molar-refractivity contribution in [3.8, 4) is 5.75 Å². The molecule has 3 rings (SSSR count).